The van der Waals surface area contributed by atoms with Gasteiger partial charge in [-0.2, -0.15) is 0 Å². The van der Waals surface area contributed by atoms with Gasteiger partial charge < -0.3 is 5.73 Å². The van der Waals surface area contributed by atoms with Gasteiger partial charge in [0.1, 0.15) is 4.90 Å². The number of thiophene rings is 1. The van der Waals surface area contributed by atoms with E-state index in [4.69, 9.17) is 5.73 Å². The first-order valence-electron chi connectivity index (χ1n) is 6.19. The quantitative estimate of drug-likeness (QED) is 0.747. The number of fused-ring (bicyclic) bond motifs is 1. The molecule has 21 heavy (non-hydrogen) atoms. The molecule has 5 nitrogen and oxygen atoms in total. The van der Waals surface area contributed by atoms with Crippen molar-refractivity contribution in [1.82, 2.24) is 9.71 Å². The fourth-order valence-corrected chi connectivity index (χ4v) is 5.46. The molecule has 0 amide bonds. The minimum absolute atomic E-state index is 0.181. The number of sulfonamides is 1. The van der Waals surface area contributed by atoms with Crippen molar-refractivity contribution in [1.29, 1.82) is 0 Å². The van der Waals surface area contributed by atoms with Gasteiger partial charge in [-0.15, -0.1) is 22.7 Å². The first-order chi connectivity index (χ1) is 10.1. The number of nitrogens with one attached hydrogen (secondary N) is 1. The number of aromatic nitrogens is 1. The molecule has 2 aromatic heterocycles. The van der Waals surface area contributed by atoms with E-state index in [-0.39, 0.29) is 13.1 Å². The second kappa shape index (κ2) is 5.82. The summed E-state index contributed by atoms with van der Waals surface area (Å²) >= 11 is 2.85. The van der Waals surface area contributed by atoms with Gasteiger partial charge in [-0.25, -0.2) is 18.1 Å². The van der Waals surface area contributed by atoms with Gasteiger partial charge in [0.15, 0.2) is 0 Å². The van der Waals surface area contributed by atoms with Crippen molar-refractivity contribution in [3.8, 4) is 0 Å². The highest BCUT2D eigenvalue weighted by Gasteiger charge is 2.23. The third-order valence-electron chi connectivity index (χ3n) is 3.00. The molecule has 0 saturated heterocycles. The predicted molar refractivity (Wildman–Crippen MR) is 85.9 cm³/mol. The molecule has 2 heterocycles. The maximum absolute atomic E-state index is 12.6. The van der Waals surface area contributed by atoms with Gasteiger partial charge in [0.05, 0.1) is 17.7 Å². The zero-order valence-electron chi connectivity index (χ0n) is 10.9. The molecule has 3 N–H and O–H groups in total. The van der Waals surface area contributed by atoms with Crippen LogP contribution >= 0.6 is 22.7 Å². The molecule has 0 saturated carbocycles. The summed E-state index contributed by atoms with van der Waals surface area (Å²) in [6.07, 6.45) is 0. The highest BCUT2D eigenvalue weighted by Crippen LogP contribution is 2.34. The molecule has 0 aliphatic rings. The smallest absolute Gasteiger partial charge is 0.242 e. The van der Waals surface area contributed by atoms with Crippen molar-refractivity contribution in [3.05, 3.63) is 45.7 Å². The Morgan fingerprint density at radius 3 is 2.81 bits per heavy atom. The largest absolute Gasteiger partial charge is 0.326 e. The van der Waals surface area contributed by atoms with Crippen LogP contribution in [0.3, 0.4) is 0 Å². The van der Waals surface area contributed by atoms with E-state index in [0.29, 0.717) is 20.9 Å². The van der Waals surface area contributed by atoms with Crippen LogP contribution in [-0.4, -0.2) is 13.4 Å². The highest BCUT2D eigenvalue weighted by atomic mass is 32.2. The minimum Gasteiger partial charge on any atom is -0.326 e. The normalized spacial score (nSPS) is 12.0. The summed E-state index contributed by atoms with van der Waals surface area (Å²) in [4.78, 5) is 5.04. The number of nitrogens with two attached hydrogens (primary N) is 1. The molecule has 0 unspecified atom stereocenters. The van der Waals surface area contributed by atoms with Gasteiger partial charge >= 0.3 is 0 Å². The molecule has 110 valence electrons. The van der Waals surface area contributed by atoms with Crippen LogP contribution in [0.15, 0.2) is 40.1 Å². The molecule has 1 aromatic carbocycles. The number of nitrogens with zero attached hydrogens (tertiary/aromatic N) is 1. The summed E-state index contributed by atoms with van der Waals surface area (Å²) in [7, 11) is -3.62. The molecule has 0 bridgehead atoms. The first kappa shape index (κ1) is 14.6. The zero-order chi connectivity index (χ0) is 14.9. The van der Waals surface area contributed by atoms with Crippen LogP contribution in [0.5, 0.6) is 0 Å². The fraction of sp³-hybridized carbons (Fsp3) is 0.154. The first-order valence-corrected chi connectivity index (χ1v) is 9.43. The van der Waals surface area contributed by atoms with E-state index in [1.807, 2.05) is 29.6 Å². The molecule has 0 aliphatic carbocycles. The van der Waals surface area contributed by atoms with Crippen LogP contribution in [-0.2, 0) is 23.1 Å². The Morgan fingerprint density at radius 2 is 2.10 bits per heavy atom. The van der Waals surface area contributed by atoms with E-state index in [9.17, 15) is 8.42 Å². The third-order valence-corrected chi connectivity index (χ3v) is 6.48. The predicted octanol–water partition coefficient (Wildman–Crippen LogP) is 2.29. The highest BCUT2D eigenvalue weighted by molar-refractivity contribution is 7.90. The summed E-state index contributed by atoms with van der Waals surface area (Å²) in [6, 6.07) is 7.42. The zero-order valence-corrected chi connectivity index (χ0v) is 13.4. The van der Waals surface area contributed by atoms with Gasteiger partial charge in [-0.3, -0.25) is 0 Å². The molecule has 0 radical (unpaired) electrons. The van der Waals surface area contributed by atoms with E-state index in [1.54, 1.807) is 5.51 Å². The monoisotopic (exact) mass is 339 g/mol. The number of hydrogen-bond donors (Lipinski definition) is 2. The fourth-order valence-electron chi connectivity index (χ4n) is 2.07. The Balaban J connectivity index is 2.01. The summed E-state index contributed by atoms with van der Waals surface area (Å²) in [5.41, 5.74) is 8.09. The van der Waals surface area contributed by atoms with E-state index < -0.39 is 10.0 Å². The number of rotatable bonds is 5. The van der Waals surface area contributed by atoms with Crippen LogP contribution in [0.4, 0.5) is 0 Å². The lowest BCUT2D eigenvalue weighted by Gasteiger charge is -2.06. The molecule has 0 atom stereocenters. The summed E-state index contributed by atoms with van der Waals surface area (Å²) in [5.74, 6) is 0. The van der Waals surface area contributed by atoms with Gasteiger partial charge in [-0.1, -0.05) is 18.2 Å². The van der Waals surface area contributed by atoms with Crippen molar-refractivity contribution < 1.29 is 8.42 Å². The standard InChI is InChI=1S/C13H13N3O2S3/c14-5-12-13(10-3-1-2-4-11(10)20-12)21(17,18)16-6-9-7-19-8-15-9/h1-4,7-8,16H,5-6,14H2. The molecular weight excluding hydrogens is 326 g/mol. The number of hydrogen-bond acceptors (Lipinski definition) is 6. The van der Waals surface area contributed by atoms with Crippen LogP contribution in [0.1, 0.15) is 10.6 Å². The lowest BCUT2D eigenvalue weighted by molar-refractivity contribution is 0.581. The molecule has 0 aliphatic heterocycles. The molecule has 0 spiro atoms. The SMILES string of the molecule is NCc1sc2ccccc2c1S(=O)(=O)NCc1cscn1. The summed E-state index contributed by atoms with van der Waals surface area (Å²) < 4.78 is 28.7. The number of thiazole rings is 1. The third kappa shape index (κ3) is 2.85. The van der Waals surface area contributed by atoms with Crippen molar-refractivity contribution in [2.24, 2.45) is 5.73 Å². The lowest BCUT2D eigenvalue weighted by atomic mass is 10.2. The Labute approximate surface area is 130 Å². The van der Waals surface area contributed by atoms with Crippen molar-refractivity contribution in [3.63, 3.8) is 0 Å². The van der Waals surface area contributed by atoms with Crippen molar-refractivity contribution in [2.75, 3.05) is 0 Å². The summed E-state index contributed by atoms with van der Waals surface area (Å²) in [6.45, 7) is 0.381. The van der Waals surface area contributed by atoms with Crippen molar-refractivity contribution in [2.45, 2.75) is 18.0 Å². The maximum Gasteiger partial charge on any atom is 0.242 e. The molecule has 3 rings (SSSR count). The van der Waals surface area contributed by atoms with Crippen molar-refractivity contribution >= 4 is 42.8 Å². The van der Waals surface area contributed by atoms with Gasteiger partial charge in [-0.05, 0) is 6.07 Å². The second-order valence-corrected chi connectivity index (χ2v) is 7.92. The molecular formula is C13H13N3O2S3. The van der Waals surface area contributed by atoms with Crippen LogP contribution in [0.2, 0.25) is 0 Å². The Kier molecular flexibility index (Phi) is 4.05. The lowest BCUT2D eigenvalue weighted by Crippen LogP contribution is -2.24. The Morgan fingerprint density at radius 1 is 1.29 bits per heavy atom. The van der Waals surface area contributed by atoms with Gasteiger partial charge in [0, 0.05) is 26.9 Å². The maximum atomic E-state index is 12.6. The minimum atomic E-state index is -3.62. The van der Waals surface area contributed by atoms with Gasteiger partial charge in [0.25, 0.3) is 0 Å². The molecule has 3 aromatic rings. The topological polar surface area (TPSA) is 85.1 Å². The van der Waals surface area contributed by atoms with Crippen LogP contribution < -0.4 is 10.5 Å². The Bertz CT molecular complexity index is 854. The Hall–Kier alpha value is -1.32. The van der Waals surface area contributed by atoms with E-state index in [0.717, 1.165) is 4.70 Å². The summed E-state index contributed by atoms with van der Waals surface area (Å²) in [5, 5.41) is 2.53. The average molecular weight is 339 g/mol. The second-order valence-electron chi connectivity index (χ2n) is 4.36. The van der Waals surface area contributed by atoms with E-state index in [1.165, 1.54) is 22.7 Å². The number of benzene rings is 1. The molecule has 8 heteroatoms. The van der Waals surface area contributed by atoms with Gasteiger partial charge in [0.2, 0.25) is 10.0 Å². The average Bonchev–Trinajstić information content (AvgIpc) is 3.12. The van der Waals surface area contributed by atoms with E-state index in [2.05, 4.69) is 9.71 Å². The molecule has 0 fully saturated rings. The van der Waals surface area contributed by atoms with E-state index >= 15 is 0 Å². The van der Waals surface area contributed by atoms with Crippen LogP contribution in [0, 0.1) is 0 Å². The van der Waals surface area contributed by atoms with Crippen LogP contribution in [0.25, 0.3) is 10.1 Å².